The number of rotatable bonds is 9. The van der Waals surface area contributed by atoms with Crippen LogP contribution in [0.1, 0.15) is 97.9 Å². The van der Waals surface area contributed by atoms with Crippen LogP contribution in [-0.2, 0) is 38.0 Å². The van der Waals surface area contributed by atoms with Crippen LogP contribution in [0, 0.1) is 23.7 Å². The molecule has 1 aromatic rings. The number of hydrogen-bond donors (Lipinski definition) is 1. The standard InChI is InChI=1S/C42H67N3O10/c1-25-22-42(8,50-12)36(54-39-35(33(44(9)10)18-26(2)52-39)53-38(48)30-16-14-13-15-17-30)27(3)34(46)28(4)37(47)51-24-32(45(11)23-25)21-29-19-31(20-29)43-40(49)55-41(5,6)7/h13-17,25-29,31-33,35-36,39H,18-24H2,1-12H3,(H,43,49)/t25-,26-,27+,28?,29?,31?,32-,33+,35-,36-,39+,42-/m1/s1. The van der Waals surface area contributed by atoms with Crippen molar-refractivity contribution in [2.75, 3.05) is 41.4 Å². The normalized spacial score (nSPS) is 35.7. The van der Waals surface area contributed by atoms with Crippen molar-refractivity contribution in [3.05, 3.63) is 35.9 Å². The van der Waals surface area contributed by atoms with E-state index in [1.54, 1.807) is 45.2 Å². The zero-order chi connectivity index (χ0) is 40.8. The van der Waals surface area contributed by atoms with Crippen LogP contribution in [0.5, 0.6) is 0 Å². The van der Waals surface area contributed by atoms with Gasteiger partial charge in [-0.25, -0.2) is 9.59 Å². The number of esters is 2. The van der Waals surface area contributed by atoms with Crippen LogP contribution < -0.4 is 5.32 Å². The van der Waals surface area contributed by atoms with Crippen LogP contribution in [0.4, 0.5) is 4.79 Å². The summed E-state index contributed by atoms with van der Waals surface area (Å²) in [6.07, 6.45) is 0.0833. The SMILES string of the molecule is CO[C@]1(C)C[C@@H](C)CN(C)[C@H](CC2CC(NC(=O)OC(C)(C)C)C2)COC(=O)C(C)C(=O)[C@H](C)[C@H]1O[C@@H]1O[C@H](C)C[C@H](N(C)C)[C@H]1OC(=O)c1ccccc1. The van der Waals surface area contributed by atoms with Gasteiger partial charge in [-0.2, -0.15) is 0 Å². The van der Waals surface area contributed by atoms with Crippen LogP contribution >= 0.6 is 0 Å². The predicted molar refractivity (Wildman–Crippen MR) is 207 cm³/mol. The number of alkyl carbamates (subject to hydrolysis) is 1. The molecule has 1 amide bonds. The smallest absolute Gasteiger partial charge is 0.407 e. The Morgan fingerprint density at radius 1 is 1.04 bits per heavy atom. The highest BCUT2D eigenvalue weighted by Crippen LogP contribution is 2.38. The third-order valence-corrected chi connectivity index (χ3v) is 11.5. The van der Waals surface area contributed by atoms with Crippen LogP contribution in [0.15, 0.2) is 30.3 Å². The number of cyclic esters (lactones) is 1. The number of ketones is 1. The summed E-state index contributed by atoms with van der Waals surface area (Å²) in [5.74, 6) is -2.93. The topological polar surface area (TPSA) is 142 Å². The monoisotopic (exact) mass is 773 g/mol. The second-order valence-corrected chi connectivity index (χ2v) is 17.8. The van der Waals surface area contributed by atoms with Gasteiger partial charge >= 0.3 is 18.0 Å². The highest BCUT2D eigenvalue weighted by atomic mass is 16.7. The van der Waals surface area contributed by atoms with E-state index in [2.05, 4.69) is 17.1 Å². The molecule has 55 heavy (non-hydrogen) atoms. The number of amides is 1. The van der Waals surface area contributed by atoms with Crippen molar-refractivity contribution in [2.24, 2.45) is 23.7 Å². The highest BCUT2D eigenvalue weighted by Gasteiger charge is 2.50. The molecule has 2 aliphatic heterocycles. The number of likely N-dealkylation sites (N-methyl/N-ethyl adjacent to an activating group) is 2. The van der Waals surface area contributed by atoms with Gasteiger partial charge in [0, 0.05) is 31.7 Å². The van der Waals surface area contributed by atoms with Crippen LogP contribution in [0.25, 0.3) is 0 Å². The fraction of sp³-hybridized carbons (Fsp3) is 0.762. The van der Waals surface area contributed by atoms with Crippen molar-refractivity contribution in [2.45, 2.75) is 141 Å². The Kier molecular flexibility index (Phi) is 15.3. The van der Waals surface area contributed by atoms with Crippen molar-refractivity contribution in [3.63, 3.8) is 0 Å². The first-order valence-electron chi connectivity index (χ1n) is 19.9. The summed E-state index contributed by atoms with van der Waals surface area (Å²) < 4.78 is 37.1. The number of hydrogen-bond acceptors (Lipinski definition) is 12. The first-order chi connectivity index (χ1) is 25.7. The second-order valence-electron chi connectivity index (χ2n) is 17.8. The summed E-state index contributed by atoms with van der Waals surface area (Å²) in [5, 5.41) is 2.96. The summed E-state index contributed by atoms with van der Waals surface area (Å²) in [4.78, 5) is 57.8. The summed E-state index contributed by atoms with van der Waals surface area (Å²) in [5.41, 5.74) is -1.17. The lowest BCUT2D eigenvalue weighted by molar-refractivity contribution is -0.294. The van der Waals surface area contributed by atoms with E-state index in [1.807, 2.05) is 66.7 Å². The maximum absolute atomic E-state index is 14.2. The van der Waals surface area contributed by atoms with E-state index in [4.69, 9.17) is 28.4 Å². The van der Waals surface area contributed by atoms with Gasteiger partial charge in [0.15, 0.2) is 18.2 Å². The van der Waals surface area contributed by atoms with E-state index >= 15 is 0 Å². The molecule has 0 aromatic heterocycles. The van der Waals surface area contributed by atoms with Crippen LogP contribution in [-0.4, -0.2) is 129 Å². The molecule has 13 nitrogen and oxygen atoms in total. The minimum Gasteiger partial charge on any atom is -0.463 e. The number of Topliss-reactive ketones (excluding diaryl/α,β-unsaturated/α-hetero) is 1. The van der Waals surface area contributed by atoms with E-state index in [9.17, 15) is 19.2 Å². The van der Waals surface area contributed by atoms with Crippen molar-refractivity contribution in [1.29, 1.82) is 0 Å². The van der Waals surface area contributed by atoms with Gasteiger partial charge in [-0.3, -0.25) is 14.5 Å². The van der Waals surface area contributed by atoms with Crippen LogP contribution in [0.3, 0.4) is 0 Å². The third-order valence-electron chi connectivity index (χ3n) is 11.5. The van der Waals surface area contributed by atoms with Gasteiger partial charge in [0.05, 0.1) is 29.4 Å². The third kappa shape index (κ3) is 12.0. The zero-order valence-electron chi connectivity index (χ0n) is 35.2. The number of nitrogens with one attached hydrogen (secondary N) is 1. The van der Waals surface area contributed by atoms with Gasteiger partial charge in [-0.15, -0.1) is 0 Å². The maximum atomic E-state index is 14.2. The first kappa shape index (κ1) is 44.6. The molecule has 10 atom stereocenters. The lowest BCUT2D eigenvalue weighted by Crippen LogP contribution is -2.60. The minimum absolute atomic E-state index is 0.0328. The zero-order valence-corrected chi connectivity index (χ0v) is 35.2. The Morgan fingerprint density at radius 2 is 1.69 bits per heavy atom. The molecule has 2 saturated heterocycles. The predicted octanol–water partition coefficient (Wildman–Crippen LogP) is 5.49. The number of methoxy groups -OCH3 is 1. The Balaban J connectivity index is 1.57. The lowest BCUT2D eigenvalue weighted by atomic mass is 9.76. The molecule has 1 saturated carbocycles. The molecule has 310 valence electrons. The Hall–Kier alpha value is -3.10. The largest absolute Gasteiger partial charge is 0.463 e. The molecule has 13 heteroatoms. The highest BCUT2D eigenvalue weighted by molar-refractivity contribution is 6.00. The van der Waals surface area contributed by atoms with E-state index in [0.717, 1.165) is 19.3 Å². The molecule has 1 unspecified atom stereocenters. The number of carbonyl (C=O) groups excluding carboxylic acids is 4. The number of ether oxygens (including phenoxy) is 6. The molecule has 4 rings (SSSR count). The van der Waals surface area contributed by atoms with Crippen molar-refractivity contribution in [3.8, 4) is 0 Å². The van der Waals surface area contributed by atoms with Gasteiger partial charge < -0.3 is 38.6 Å². The summed E-state index contributed by atoms with van der Waals surface area (Å²) >= 11 is 0. The molecule has 0 bridgehead atoms. The van der Waals surface area contributed by atoms with E-state index in [1.165, 1.54) is 0 Å². The molecule has 2 heterocycles. The summed E-state index contributed by atoms with van der Waals surface area (Å²) in [6.45, 7) is 15.7. The molecule has 1 aliphatic carbocycles. The first-order valence-corrected chi connectivity index (χ1v) is 19.9. The molecule has 3 fully saturated rings. The number of nitrogens with zero attached hydrogens (tertiary/aromatic N) is 2. The fourth-order valence-electron chi connectivity index (χ4n) is 8.42. The summed E-state index contributed by atoms with van der Waals surface area (Å²) in [6, 6.07) is 8.48. The molecule has 0 radical (unpaired) electrons. The van der Waals surface area contributed by atoms with Gasteiger partial charge in [-0.1, -0.05) is 32.0 Å². The molecule has 3 aliphatic rings. The number of benzene rings is 1. The van der Waals surface area contributed by atoms with Gasteiger partial charge in [-0.05, 0) is 119 Å². The molecule has 1 aromatic carbocycles. The second kappa shape index (κ2) is 18.9. The Labute approximate surface area is 328 Å². The molecular weight excluding hydrogens is 706 g/mol. The van der Waals surface area contributed by atoms with E-state index in [0.29, 0.717) is 30.9 Å². The maximum Gasteiger partial charge on any atom is 0.407 e. The Bertz CT molecular complexity index is 1450. The fourth-order valence-corrected chi connectivity index (χ4v) is 8.42. The van der Waals surface area contributed by atoms with Gasteiger partial charge in [0.2, 0.25) is 0 Å². The van der Waals surface area contributed by atoms with Gasteiger partial charge in [0.25, 0.3) is 0 Å². The van der Waals surface area contributed by atoms with Crippen molar-refractivity contribution < 1.29 is 47.6 Å². The summed E-state index contributed by atoms with van der Waals surface area (Å²) in [7, 11) is 7.50. The van der Waals surface area contributed by atoms with Crippen LogP contribution in [0.2, 0.25) is 0 Å². The van der Waals surface area contributed by atoms with Crippen molar-refractivity contribution in [1.82, 2.24) is 15.1 Å². The lowest BCUT2D eigenvalue weighted by Gasteiger charge is -2.47. The van der Waals surface area contributed by atoms with E-state index < -0.39 is 59.6 Å². The van der Waals surface area contributed by atoms with Gasteiger partial charge in [0.1, 0.15) is 18.1 Å². The van der Waals surface area contributed by atoms with Crippen molar-refractivity contribution >= 4 is 23.8 Å². The average molecular weight is 774 g/mol. The Morgan fingerprint density at radius 3 is 2.29 bits per heavy atom. The van der Waals surface area contributed by atoms with E-state index in [-0.39, 0.29) is 42.5 Å². The quantitative estimate of drug-likeness (QED) is 0.193. The molecular formula is C42H67N3O10. The molecule has 1 N–H and O–H groups in total. The molecule has 0 spiro atoms. The average Bonchev–Trinajstić information content (AvgIpc) is 3.09. The number of carbonyl (C=O) groups is 4. The minimum atomic E-state index is -1.06.